The molecule has 5 rings (SSSR count). The summed E-state index contributed by atoms with van der Waals surface area (Å²) in [6.45, 7) is 0.405. The van der Waals surface area contributed by atoms with Crippen LogP contribution in [0.2, 0.25) is 0 Å². The van der Waals surface area contributed by atoms with Crippen LogP contribution in [0.15, 0.2) is 103 Å². The summed E-state index contributed by atoms with van der Waals surface area (Å²) in [5, 5.41) is 5.92. The molecule has 5 heteroatoms. The van der Waals surface area contributed by atoms with Crippen molar-refractivity contribution in [3.63, 3.8) is 0 Å². The molecule has 0 bridgehead atoms. The molecule has 0 radical (unpaired) electrons. The first-order valence-electron chi connectivity index (χ1n) is 10.8. The number of fused-ring (bicyclic) bond motifs is 2. The van der Waals surface area contributed by atoms with E-state index in [2.05, 4.69) is 10.6 Å². The molecule has 4 aromatic carbocycles. The molecule has 5 nitrogen and oxygen atoms in total. The Balaban J connectivity index is 1.41. The van der Waals surface area contributed by atoms with E-state index in [1.54, 1.807) is 24.3 Å². The van der Waals surface area contributed by atoms with E-state index in [4.69, 9.17) is 4.74 Å². The van der Waals surface area contributed by atoms with Crippen molar-refractivity contribution in [3.8, 4) is 11.5 Å². The van der Waals surface area contributed by atoms with E-state index in [0.29, 0.717) is 29.3 Å². The lowest BCUT2D eigenvalue weighted by Crippen LogP contribution is -2.28. The Morgan fingerprint density at radius 2 is 1.27 bits per heavy atom. The monoisotopic (exact) mass is 434 g/mol. The molecule has 162 valence electrons. The van der Waals surface area contributed by atoms with Gasteiger partial charge in [-0.2, -0.15) is 0 Å². The van der Waals surface area contributed by atoms with Gasteiger partial charge in [0.1, 0.15) is 11.5 Å². The maximum absolute atomic E-state index is 13.5. The lowest BCUT2D eigenvalue weighted by atomic mass is 9.87. The second-order valence-corrected chi connectivity index (χ2v) is 7.81. The number of ether oxygens (including phenoxy) is 1. The van der Waals surface area contributed by atoms with E-state index in [1.165, 1.54) is 0 Å². The van der Waals surface area contributed by atoms with Crippen LogP contribution < -0.4 is 15.4 Å². The Labute approximate surface area is 192 Å². The summed E-state index contributed by atoms with van der Waals surface area (Å²) in [7, 11) is 0. The molecule has 1 aliphatic heterocycles. The summed E-state index contributed by atoms with van der Waals surface area (Å²) >= 11 is 0. The van der Waals surface area contributed by atoms with Crippen molar-refractivity contribution in [1.29, 1.82) is 0 Å². The number of anilines is 1. The predicted octanol–water partition coefficient (Wildman–Crippen LogP) is 5.49. The summed E-state index contributed by atoms with van der Waals surface area (Å²) in [6, 6.07) is 31.8. The highest BCUT2D eigenvalue weighted by molar-refractivity contribution is 6.06. The second kappa shape index (κ2) is 9.01. The Bertz CT molecular complexity index is 1270. The highest BCUT2D eigenvalue weighted by Gasteiger charge is 2.32. The molecular weight excluding hydrogens is 412 g/mol. The number of rotatable bonds is 5. The molecule has 0 aliphatic carbocycles. The van der Waals surface area contributed by atoms with E-state index in [1.807, 2.05) is 78.9 Å². The summed E-state index contributed by atoms with van der Waals surface area (Å²) in [6.07, 6.45) is 0. The first-order valence-corrected chi connectivity index (χ1v) is 10.8. The van der Waals surface area contributed by atoms with E-state index < -0.39 is 5.92 Å². The molecule has 0 unspecified atom stereocenters. The number of hydrogen-bond acceptors (Lipinski definition) is 3. The van der Waals surface area contributed by atoms with Crippen LogP contribution in [0.4, 0.5) is 5.69 Å². The van der Waals surface area contributed by atoms with Crippen LogP contribution >= 0.6 is 0 Å². The highest BCUT2D eigenvalue weighted by Crippen LogP contribution is 2.44. The Kier molecular flexibility index (Phi) is 5.60. The van der Waals surface area contributed by atoms with Gasteiger partial charge < -0.3 is 15.4 Å². The number of amides is 2. The smallest absolute Gasteiger partial charge is 0.253 e. The van der Waals surface area contributed by atoms with Crippen molar-refractivity contribution >= 4 is 17.5 Å². The molecule has 0 spiro atoms. The molecule has 0 saturated heterocycles. The molecule has 2 amide bonds. The molecule has 1 heterocycles. The van der Waals surface area contributed by atoms with Crippen molar-refractivity contribution in [2.24, 2.45) is 0 Å². The van der Waals surface area contributed by atoms with Crippen LogP contribution in [0.3, 0.4) is 0 Å². The van der Waals surface area contributed by atoms with Crippen molar-refractivity contribution in [2.45, 2.75) is 12.5 Å². The third-order valence-electron chi connectivity index (χ3n) is 5.67. The molecule has 33 heavy (non-hydrogen) atoms. The number of nitrogens with one attached hydrogen (secondary N) is 2. The quantitative estimate of drug-likeness (QED) is 0.436. The van der Waals surface area contributed by atoms with Gasteiger partial charge in [-0.05, 0) is 29.8 Å². The van der Waals surface area contributed by atoms with Crippen LogP contribution in [-0.4, -0.2) is 11.8 Å². The van der Waals surface area contributed by atoms with Gasteiger partial charge in [0, 0.05) is 17.7 Å². The van der Waals surface area contributed by atoms with Gasteiger partial charge in [0.25, 0.3) is 5.91 Å². The number of carbonyl (C=O) groups excluding carboxylic acids is 2. The summed E-state index contributed by atoms with van der Waals surface area (Å²) in [5.74, 6) is 0.297. The van der Waals surface area contributed by atoms with Crippen molar-refractivity contribution in [3.05, 3.63) is 125 Å². The van der Waals surface area contributed by atoms with Gasteiger partial charge in [0.15, 0.2) is 0 Å². The van der Waals surface area contributed by atoms with Crippen LogP contribution in [0.5, 0.6) is 11.5 Å². The zero-order valence-corrected chi connectivity index (χ0v) is 17.8. The second-order valence-electron chi connectivity index (χ2n) is 7.81. The third-order valence-corrected chi connectivity index (χ3v) is 5.67. The lowest BCUT2D eigenvalue weighted by Gasteiger charge is -2.27. The standard InChI is InChI=1S/C28H22N2O3/c31-27(29-18-19-10-2-1-3-11-19)20-12-4-7-15-23(20)30-28(32)26-21-13-5-8-16-24(21)33-25-17-9-6-14-22(25)26/h1-17,26H,18H2,(H,29,31)(H,30,32). The van der Waals surface area contributed by atoms with Crippen LogP contribution in [0.25, 0.3) is 0 Å². The number of hydrogen-bond donors (Lipinski definition) is 2. The van der Waals surface area contributed by atoms with E-state index in [9.17, 15) is 9.59 Å². The van der Waals surface area contributed by atoms with Crippen molar-refractivity contribution < 1.29 is 14.3 Å². The molecular formula is C28H22N2O3. The molecule has 4 aromatic rings. The minimum absolute atomic E-state index is 0.221. The normalized spacial score (nSPS) is 12.1. The molecule has 1 aliphatic rings. The number of benzene rings is 4. The minimum atomic E-state index is -0.549. The zero-order valence-electron chi connectivity index (χ0n) is 17.8. The van der Waals surface area contributed by atoms with E-state index in [-0.39, 0.29) is 11.8 Å². The first kappa shape index (κ1) is 20.5. The van der Waals surface area contributed by atoms with E-state index >= 15 is 0 Å². The van der Waals surface area contributed by atoms with Crippen LogP contribution in [-0.2, 0) is 11.3 Å². The number of carbonyl (C=O) groups is 2. The molecule has 2 N–H and O–H groups in total. The Hall–Kier alpha value is -4.38. The van der Waals surface area contributed by atoms with Gasteiger partial charge in [-0.15, -0.1) is 0 Å². The average molecular weight is 434 g/mol. The first-order chi connectivity index (χ1) is 16.2. The highest BCUT2D eigenvalue weighted by atomic mass is 16.5. The van der Waals surface area contributed by atoms with Crippen molar-refractivity contribution in [2.75, 3.05) is 5.32 Å². The van der Waals surface area contributed by atoms with Gasteiger partial charge >= 0.3 is 0 Å². The molecule has 0 atom stereocenters. The van der Waals surface area contributed by atoms with Gasteiger partial charge in [-0.3, -0.25) is 9.59 Å². The fourth-order valence-electron chi connectivity index (χ4n) is 4.06. The van der Waals surface area contributed by atoms with Gasteiger partial charge in [-0.1, -0.05) is 78.9 Å². The molecule has 0 aromatic heterocycles. The SMILES string of the molecule is O=C(NCc1ccccc1)c1ccccc1NC(=O)C1c2ccccc2Oc2ccccc21. The average Bonchev–Trinajstić information content (AvgIpc) is 2.86. The maximum atomic E-state index is 13.5. The summed E-state index contributed by atoms with van der Waals surface area (Å²) < 4.78 is 6.00. The number of para-hydroxylation sites is 3. The van der Waals surface area contributed by atoms with Gasteiger partial charge in [0.2, 0.25) is 5.91 Å². The van der Waals surface area contributed by atoms with Crippen LogP contribution in [0, 0.1) is 0 Å². The van der Waals surface area contributed by atoms with Crippen molar-refractivity contribution in [1.82, 2.24) is 5.32 Å². The van der Waals surface area contributed by atoms with E-state index in [0.717, 1.165) is 16.7 Å². The van der Waals surface area contributed by atoms with Crippen LogP contribution in [0.1, 0.15) is 33.0 Å². The third kappa shape index (κ3) is 4.21. The maximum Gasteiger partial charge on any atom is 0.253 e. The molecule has 0 fully saturated rings. The minimum Gasteiger partial charge on any atom is -0.457 e. The Morgan fingerprint density at radius 1 is 0.697 bits per heavy atom. The zero-order chi connectivity index (χ0) is 22.6. The Morgan fingerprint density at radius 3 is 1.97 bits per heavy atom. The van der Waals surface area contributed by atoms with Gasteiger partial charge in [0.05, 0.1) is 17.2 Å². The summed E-state index contributed by atoms with van der Waals surface area (Å²) in [5.41, 5.74) is 3.46. The fraction of sp³-hybridized carbons (Fsp3) is 0.0714. The molecule has 0 saturated carbocycles. The summed E-state index contributed by atoms with van der Waals surface area (Å²) in [4.78, 5) is 26.5. The lowest BCUT2D eigenvalue weighted by molar-refractivity contribution is -0.116. The van der Waals surface area contributed by atoms with Gasteiger partial charge in [-0.25, -0.2) is 0 Å². The largest absolute Gasteiger partial charge is 0.457 e. The fourth-order valence-corrected chi connectivity index (χ4v) is 4.06. The topological polar surface area (TPSA) is 67.4 Å². The predicted molar refractivity (Wildman–Crippen MR) is 127 cm³/mol.